The minimum atomic E-state index is -0.654. The smallest absolute Gasteiger partial charge is 0.0858 e. The van der Waals surface area contributed by atoms with Gasteiger partial charge in [-0.3, -0.25) is 5.92 Å². The third-order valence-electron chi connectivity index (χ3n) is 6.03. The molecule has 0 aliphatic heterocycles. The Morgan fingerprint density at radius 1 is 0.943 bits per heavy atom. The average Bonchev–Trinajstić information content (AvgIpc) is 2.70. The topological polar surface area (TPSA) is 56.8 Å². The van der Waals surface area contributed by atoms with Crippen LogP contribution in [0.4, 0.5) is 0 Å². The van der Waals surface area contributed by atoms with Crippen LogP contribution >= 0.6 is 0 Å². The van der Waals surface area contributed by atoms with Gasteiger partial charge in [-0.1, -0.05) is 72.0 Å². The van der Waals surface area contributed by atoms with Gasteiger partial charge >= 0.3 is 0 Å². The van der Waals surface area contributed by atoms with Crippen molar-refractivity contribution in [2.75, 3.05) is 19.8 Å². The normalized spacial score (nSPS) is 12.1. The maximum atomic E-state index is 11.2. The molecule has 0 unspecified atom stereocenters. The quantitative estimate of drug-likeness (QED) is 0.144. The first-order valence-electron chi connectivity index (χ1n) is 12.4. The monoisotopic (exact) mass is 647 g/mol. The number of ether oxygens (including phenoxy) is 3. The molecule has 0 aromatic heterocycles. The van der Waals surface area contributed by atoms with Gasteiger partial charge in [0.1, 0.15) is 0 Å². The molecule has 1 N–H and O–H groups in total. The molecule has 5 nitrogen and oxygen atoms in total. The van der Waals surface area contributed by atoms with Crippen molar-refractivity contribution in [3.8, 4) is 0 Å². The van der Waals surface area contributed by atoms with Gasteiger partial charge in [-0.2, -0.15) is 20.0 Å². The van der Waals surface area contributed by atoms with Crippen LogP contribution < -0.4 is 5.32 Å². The van der Waals surface area contributed by atoms with Crippen LogP contribution in [0.5, 0.6) is 0 Å². The Balaban J connectivity index is -0.000000738. The summed E-state index contributed by atoms with van der Waals surface area (Å²) in [5.74, 6) is 0.651. The summed E-state index contributed by atoms with van der Waals surface area (Å²) in [4.78, 5) is 11.2. The fourth-order valence-electron chi connectivity index (χ4n) is 2.54. The summed E-state index contributed by atoms with van der Waals surface area (Å²) < 4.78 is 17.7. The predicted molar refractivity (Wildman–Crippen MR) is 141 cm³/mol. The van der Waals surface area contributed by atoms with Gasteiger partial charge in [0.05, 0.1) is 12.2 Å². The molecule has 2 radical (unpaired) electrons. The maximum Gasteiger partial charge on any atom is 0.0858 e. The summed E-state index contributed by atoms with van der Waals surface area (Å²) in [7, 11) is 0. The minimum Gasteiger partial charge on any atom is -0.565 e. The Kier molecular flexibility index (Phi) is 24.9. The number of hydrogen-bond donors (Lipinski definition) is 1. The van der Waals surface area contributed by atoms with E-state index in [1.165, 1.54) is 12.8 Å². The summed E-state index contributed by atoms with van der Waals surface area (Å²) in [6.07, 6.45) is 5.12. The fourth-order valence-corrected chi connectivity index (χ4v) is 2.54. The van der Waals surface area contributed by atoms with E-state index in [-0.39, 0.29) is 76.6 Å². The molecule has 0 amide bonds. The van der Waals surface area contributed by atoms with Crippen molar-refractivity contribution in [1.82, 2.24) is 5.32 Å². The molecule has 0 saturated heterocycles. The van der Waals surface area contributed by atoms with Crippen LogP contribution in [0.1, 0.15) is 109 Å². The first-order chi connectivity index (χ1) is 14.9. The molecule has 0 bridgehead atoms. The standard InChI is InChI=1S/C24H45NO4.C4H10.2Y/c1-13-27-17-22(7,8)28-15-14-21(5,6)25-19(3)23(9,10)20(4)29-24(11,12)18(2)16-26;1-3-4-2;;/h16,25H,3,13-15,17H2,1-2,4-12H3;3-4H2,1-2H3;;/q-2;;;. The third kappa shape index (κ3) is 19.0. The number of rotatable bonds is 16. The summed E-state index contributed by atoms with van der Waals surface area (Å²) in [6.45, 7) is 32.5. The van der Waals surface area contributed by atoms with Crippen molar-refractivity contribution in [1.29, 1.82) is 0 Å². The molecule has 0 aromatic carbocycles. The van der Waals surface area contributed by atoms with Crippen molar-refractivity contribution in [3.05, 3.63) is 24.3 Å². The zero-order chi connectivity index (χ0) is 26.5. The largest absolute Gasteiger partial charge is 0.565 e. The second-order valence-electron chi connectivity index (χ2n) is 11.1. The third-order valence-corrected chi connectivity index (χ3v) is 6.03. The number of aldehydes is 1. The molecule has 0 aliphatic rings. The number of carbonyl (C=O) groups is 1. The van der Waals surface area contributed by atoms with Crippen LogP contribution in [0, 0.1) is 17.4 Å². The Bertz CT molecular complexity index is 561. The summed E-state index contributed by atoms with van der Waals surface area (Å²) >= 11 is 0. The number of hydrogen-bond acceptors (Lipinski definition) is 5. The van der Waals surface area contributed by atoms with Crippen molar-refractivity contribution in [2.24, 2.45) is 5.41 Å². The second kappa shape index (κ2) is 20.1. The first-order valence-corrected chi connectivity index (χ1v) is 12.4. The zero-order valence-electron chi connectivity index (χ0n) is 25.3. The van der Waals surface area contributed by atoms with Gasteiger partial charge in [-0.05, 0) is 53.0 Å². The van der Waals surface area contributed by atoms with Gasteiger partial charge in [0.2, 0.25) is 0 Å². The number of nitrogens with one attached hydrogen (secondary N) is 1. The number of unbranched alkanes of at least 4 members (excludes halogenated alkanes) is 1. The van der Waals surface area contributed by atoms with Gasteiger partial charge in [-0.15, -0.1) is 0 Å². The summed E-state index contributed by atoms with van der Waals surface area (Å²) in [5.41, 5.74) is -0.699. The Morgan fingerprint density at radius 3 is 1.83 bits per heavy atom. The van der Waals surface area contributed by atoms with E-state index < -0.39 is 11.0 Å². The molecule has 0 spiro atoms. The van der Waals surface area contributed by atoms with E-state index in [0.717, 1.165) is 24.5 Å². The molecule has 35 heavy (non-hydrogen) atoms. The molecule has 7 heteroatoms. The van der Waals surface area contributed by atoms with Crippen LogP contribution in [0.15, 0.2) is 12.3 Å². The van der Waals surface area contributed by atoms with E-state index in [0.29, 0.717) is 25.7 Å². The predicted octanol–water partition coefficient (Wildman–Crippen LogP) is 7.06. The van der Waals surface area contributed by atoms with Crippen molar-refractivity contribution < 1.29 is 84.4 Å². The van der Waals surface area contributed by atoms with Crippen molar-refractivity contribution in [3.63, 3.8) is 0 Å². The van der Waals surface area contributed by atoms with E-state index in [9.17, 15) is 4.79 Å². The Hall–Kier alpha value is 1.17. The molecule has 0 aliphatic carbocycles. The molecular weight excluding hydrogens is 592 g/mol. The van der Waals surface area contributed by atoms with Crippen LogP contribution in [0.2, 0.25) is 0 Å². The van der Waals surface area contributed by atoms with E-state index in [2.05, 4.69) is 53.4 Å². The minimum absolute atomic E-state index is 0. The van der Waals surface area contributed by atoms with Crippen LogP contribution in [-0.4, -0.2) is 42.8 Å². The van der Waals surface area contributed by atoms with Gasteiger partial charge in [0, 0.05) is 84.2 Å². The summed E-state index contributed by atoms with van der Waals surface area (Å²) in [5, 5.41) is 3.55. The average molecular weight is 648 g/mol. The SMILES string of the molecule is C=C(NC(C)(C)CCOC(C)(C)COCC)C(C)(C)[C-](C)OC(C)(C)[C-](C)C=O.CCCC.[Y].[Y]. The molecular formula is C28H55NO4Y2-2. The molecule has 0 fully saturated rings. The Morgan fingerprint density at radius 2 is 1.43 bits per heavy atom. The van der Waals surface area contributed by atoms with Gasteiger partial charge < -0.3 is 24.3 Å². The summed E-state index contributed by atoms with van der Waals surface area (Å²) in [6, 6.07) is 0. The first kappa shape index (κ1) is 43.2. The fraction of sp³-hybridized carbons (Fsp3) is 0.821. The molecule has 0 rings (SSSR count). The van der Waals surface area contributed by atoms with E-state index >= 15 is 0 Å². The number of carbonyl (C=O) groups excluding carboxylic acids is 1. The molecule has 0 heterocycles. The molecule has 0 saturated carbocycles. The molecule has 0 atom stereocenters. The van der Waals surface area contributed by atoms with E-state index in [1.54, 1.807) is 6.92 Å². The Labute approximate surface area is 269 Å². The van der Waals surface area contributed by atoms with Gasteiger partial charge in [-0.25, -0.2) is 0 Å². The molecule has 0 aromatic rings. The van der Waals surface area contributed by atoms with Crippen LogP contribution in [0.3, 0.4) is 0 Å². The second-order valence-corrected chi connectivity index (χ2v) is 11.1. The maximum absolute atomic E-state index is 11.2. The van der Waals surface area contributed by atoms with Crippen molar-refractivity contribution in [2.45, 2.75) is 126 Å². The van der Waals surface area contributed by atoms with Gasteiger partial charge in [0.25, 0.3) is 0 Å². The molecule has 204 valence electrons. The van der Waals surface area contributed by atoms with Crippen molar-refractivity contribution >= 4 is 6.29 Å². The van der Waals surface area contributed by atoms with E-state index in [4.69, 9.17) is 14.2 Å². The van der Waals surface area contributed by atoms with Crippen LogP contribution in [-0.2, 0) is 84.4 Å². The van der Waals surface area contributed by atoms with E-state index in [1.807, 2.05) is 41.5 Å². The van der Waals surface area contributed by atoms with Crippen LogP contribution in [0.25, 0.3) is 0 Å². The zero-order valence-corrected chi connectivity index (χ0v) is 31.0. The van der Waals surface area contributed by atoms with Gasteiger partial charge in [0.15, 0.2) is 0 Å².